The van der Waals surface area contributed by atoms with Gasteiger partial charge in [0, 0.05) is 11.6 Å². The lowest BCUT2D eigenvalue weighted by Crippen LogP contribution is -2.15. The normalized spacial score (nSPS) is 12.4. The number of halogens is 1. The molecule has 0 fully saturated rings. The number of nitrogens with two attached hydrogens (primary N) is 1. The van der Waals surface area contributed by atoms with Gasteiger partial charge < -0.3 is 15.9 Å². The SMILES string of the molecule is CCc1cc(Br)c(O)c(C(N)CC(=O)O)c1. The molecule has 0 aliphatic heterocycles. The van der Waals surface area contributed by atoms with Gasteiger partial charge in [0.25, 0.3) is 0 Å². The first-order valence-corrected chi connectivity index (χ1v) is 5.73. The summed E-state index contributed by atoms with van der Waals surface area (Å²) in [6.45, 7) is 1.98. The topological polar surface area (TPSA) is 83.5 Å². The number of benzene rings is 1. The minimum absolute atomic E-state index is 0.0194. The number of carboxylic acids is 1. The Morgan fingerprint density at radius 2 is 2.19 bits per heavy atom. The Bertz CT molecular complexity index is 406. The highest BCUT2D eigenvalue weighted by Gasteiger charge is 2.17. The zero-order valence-electron chi connectivity index (χ0n) is 8.90. The Morgan fingerprint density at radius 1 is 1.56 bits per heavy atom. The highest BCUT2D eigenvalue weighted by atomic mass is 79.9. The molecule has 0 radical (unpaired) electrons. The molecule has 1 unspecified atom stereocenters. The average molecular weight is 288 g/mol. The zero-order chi connectivity index (χ0) is 12.3. The summed E-state index contributed by atoms with van der Waals surface area (Å²) in [7, 11) is 0. The number of rotatable bonds is 4. The van der Waals surface area contributed by atoms with Gasteiger partial charge in [0.2, 0.25) is 0 Å². The van der Waals surface area contributed by atoms with Gasteiger partial charge in [-0.3, -0.25) is 4.79 Å². The van der Waals surface area contributed by atoms with Gasteiger partial charge in [-0.15, -0.1) is 0 Å². The van der Waals surface area contributed by atoms with Crippen LogP contribution in [0.3, 0.4) is 0 Å². The highest BCUT2D eigenvalue weighted by molar-refractivity contribution is 9.10. The van der Waals surface area contributed by atoms with Crippen LogP contribution in [0.25, 0.3) is 0 Å². The van der Waals surface area contributed by atoms with Crippen molar-refractivity contribution in [3.05, 3.63) is 27.7 Å². The van der Waals surface area contributed by atoms with Crippen molar-refractivity contribution in [2.45, 2.75) is 25.8 Å². The molecule has 1 aromatic rings. The fourth-order valence-electron chi connectivity index (χ4n) is 1.46. The molecule has 1 rings (SSSR count). The molecule has 0 bridgehead atoms. The van der Waals surface area contributed by atoms with Crippen molar-refractivity contribution in [1.29, 1.82) is 0 Å². The Balaban J connectivity index is 3.10. The number of carboxylic acid groups (broad SMARTS) is 1. The Kier molecular flexibility index (Phi) is 4.32. The quantitative estimate of drug-likeness (QED) is 0.793. The third kappa shape index (κ3) is 2.96. The molecule has 1 aromatic carbocycles. The molecule has 1 atom stereocenters. The molecule has 0 heterocycles. The molecule has 0 aliphatic carbocycles. The van der Waals surface area contributed by atoms with Crippen LogP contribution < -0.4 is 5.73 Å². The number of aryl methyl sites for hydroxylation is 1. The fourth-order valence-corrected chi connectivity index (χ4v) is 1.99. The molecular formula is C11H14BrNO3. The van der Waals surface area contributed by atoms with Crippen LogP contribution in [0, 0.1) is 0 Å². The van der Waals surface area contributed by atoms with Crippen molar-refractivity contribution in [2.24, 2.45) is 5.73 Å². The molecule has 0 amide bonds. The van der Waals surface area contributed by atoms with Crippen molar-refractivity contribution in [3.63, 3.8) is 0 Å². The van der Waals surface area contributed by atoms with Crippen molar-refractivity contribution in [2.75, 3.05) is 0 Å². The smallest absolute Gasteiger partial charge is 0.305 e. The molecule has 4 nitrogen and oxygen atoms in total. The molecule has 16 heavy (non-hydrogen) atoms. The van der Waals surface area contributed by atoms with Crippen LogP contribution in [0.4, 0.5) is 0 Å². The van der Waals surface area contributed by atoms with Crippen molar-refractivity contribution in [1.82, 2.24) is 0 Å². The molecular weight excluding hydrogens is 274 g/mol. The van der Waals surface area contributed by atoms with E-state index >= 15 is 0 Å². The third-order valence-electron chi connectivity index (χ3n) is 2.35. The van der Waals surface area contributed by atoms with Crippen LogP contribution in [0.5, 0.6) is 5.75 Å². The third-order valence-corrected chi connectivity index (χ3v) is 2.96. The number of hydrogen-bond donors (Lipinski definition) is 3. The Hall–Kier alpha value is -1.07. The van der Waals surface area contributed by atoms with Crippen LogP contribution in [-0.4, -0.2) is 16.2 Å². The van der Waals surface area contributed by atoms with E-state index in [9.17, 15) is 9.90 Å². The molecule has 0 spiro atoms. The number of hydrogen-bond acceptors (Lipinski definition) is 3. The van der Waals surface area contributed by atoms with E-state index in [0.29, 0.717) is 10.0 Å². The molecule has 5 heteroatoms. The number of phenols is 1. The first kappa shape index (κ1) is 13.0. The summed E-state index contributed by atoms with van der Waals surface area (Å²) >= 11 is 3.22. The van der Waals surface area contributed by atoms with E-state index in [2.05, 4.69) is 15.9 Å². The second-order valence-electron chi connectivity index (χ2n) is 3.57. The molecule has 0 saturated carbocycles. The average Bonchev–Trinajstić information content (AvgIpc) is 2.20. The summed E-state index contributed by atoms with van der Waals surface area (Å²) in [5.41, 5.74) is 7.19. The molecule has 0 aromatic heterocycles. The minimum atomic E-state index is -0.982. The van der Waals surface area contributed by atoms with Gasteiger partial charge in [0.05, 0.1) is 10.9 Å². The summed E-state index contributed by atoms with van der Waals surface area (Å²) in [6.07, 6.45) is 0.596. The van der Waals surface area contributed by atoms with Gasteiger partial charge in [-0.2, -0.15) is 0 Å². The van der Waals surface area contributed by atoms with Crippen LogP contribution in [0.1, 0.15) is 30.5 Å². The first-order chi connectivity index (χ1) is 7.45. The van der Waals surface area contributed by atoms with E-state index in [-0.39, 0.29) is 12.2 Å². The van der Waals surface area contributed by atoms with Gasteiger partial charge in [-0.1, -0.05) is 13.0 Å². The lowest BCUT2D eigenvalue weighted by Gasteiger charge is -2.14. The fraction of sp³-hybridized carbons (Fsp3) is 0.364. The summed E-state index contributed by atoms with van der Waals surface area (Å²) in [5, 5.41) is 18.4. The van der Waals surface area contributed by atoms with E-state index in [4.69, 9.17) is 10.8 Å². The summed E-state index contributed by atoms with van der Waals surface area (Å²) < 4.78 is 0.544. The lowest BCUT2D eigenvalue weighted by molar-refractivity contribution is -0.137. The zero-order valence-corrected chi connectivity index (χ0v) is 10.5. The summed E-state index contributed by atoms with van der Waals surface area (Å²) in [6, 6.07) is 2.85. The summed E-state index contributed by atoms with van der Waals surface area (Å²) in [4.78, 5) is 10.6. The van der Waals surface area contributed by atoms with Gasteiger partial charge in [0.15, 0.2) is 0 Å². The van der Waals surface area contributed by atoms with E-state index in [1.807, 2.05) is 6.92 Å². The van der Waals surface area contributed by atoms with E-state index in [0.717, 1.165) is 12.0 Å². The van der Waals surface area contributed by atoms with E-state index < -0.39 is 12.0 Å². The van der Waals surface area contributed by atoms with Crippen LogP contribution >= 0.6 is 15.9 Å². The van der Waals surface area contributed by atoms with Gasteiger partial charge >= 0.3 is 5.97 Å². The number of aromatic hydroxyl groups is 1. The van der Waals surface area contributed by atoms with Gasteiger partial charge in [-0.25, -0.2) is 0 Å². The monoisotopic (exact) mass is 287 g/mol. The molecule has 0 saturated heterocycles. The van der Waals surface area contributed by atoms with Crippen LogP contribution in [0.2, 0.25) is 0 Å². The second-order valence-corrected chi connectivity index (χ2v) is 4.43. The predicted molar refractivity (Wildman–Crippen MR) is 64.4 cm³/mol. The van der Waals surface area contributed by atoms with Crippen molar-refractivity contribution in [3.8, 4) is 5.75 Å². The van der Waals surface area contributed by atoms with Crippen molar-refractivity contribution < 1.29 is 15.0 Å². The Labute approximate surface area is 102 Å². The minimum Gasteiger partial charge on any atom is -0.506 e. The van der Waals surface area contributed by atoms with Crippen molar-refractivity contribution >= 4 is 21.9 Å². The lowest BCUT2D eigenvalue weighted by atomic mass is 10.00. The number of phenolic OH excluding ortho intramolecular Hbond substituents is 1. The van der Waals surface area contributed by atoms with E-state index in [1.54, 1.807) is 12.1 Å². The maximum Gasteiger partial charge on any atom is 0.305 e. The van der Waals surface area contributed by atoms with Crippen LogP contribution in [0.15, 0.2) is 16.6 Å². The summed E-state index contributed by atoms with van der Waals surface area (Å²) in [5.74, 6) is -0.962. The molecule has 88 valence electrons. The number of carbonyl (C=O) groups is 1. The predicted octanol–water partition coefficient (Wildman–Crippen LogP) is 2.19. The van der Waals surface area contributed by atoms with Crippen LogP contribution in [-0.2, 0) is 11.2 Å². The molecule has 0 aliphatic rings. The second kappa shape index (κ2) is 5.32. The number of aliphatic carboxylic acids is 1. The van der Waals surface area contributed by atoms with Gasteiger partial charge in [-0.05, 0) is 34.0 Å². The standard InChI is InChI=1S/C11H14BrNO3/c1-2-6-3-7(9(13)5-10(14)15)11(16)8(12)4-6/h3-4,9,16H,2,5,13H2,1H3,(H,14,15). The van der Waals surface area contributed by atoms with Gasteiger partial charge in [0.1, 0.15) is 5.75 Å². The molecule has 4 N–H and O–H groups in total. The maximum absolute atomic E-state index is 10.6. The maximum atomic E-state index is 10.6. The first-order valence-electron chi connectivity index (χ1n) is 4.94. The highest BCUT2D eigenvalue weighted by Crippen LogP contribution is 2.33. The van der Waals surface area contributed by atoms with E-state index in [1.165, 1.54) is 0 Å². The Morgan fingerprint density at radius 3 is 2.69 bits per heavy atom. The largest absolute Gasteiger partial charge is 0.506 e.